The number of halogens is 1. The van der Waals surface area contributed by atoms with Crippen molar-refractivity contribution in [2.45, 2.75) is 32.2 Å². The minimum Gasteiger partial charge on any atom is -0.368 e. The quantitative estimate of drug-likeness (QED) is 0.909. The average molecular weight is 310 g/mol. The van der Waals surface area contributed by atoms with Gasteiger partial charge >= 0.3 is 0 Å². The van der Waals surface area contributed by atoms with Crippen LogP contribution in [0.5, 0.6) is 0 Å². The lowest BCUT2D eigenvalue weighted by Gasteiger charge is -2.36. The molecule has 1 aromatic rings. The van der Waals surface area contributed by atoms with Gasteiger partial charge in [-0.1, -0.05) is 24.9 Å². The molecule has 2 rings (SSSR count). The normalized spacial score (nSPS) is 16.9. The zero-order valence-corrected chi connectivity index (χ0v) is 13.4. The lowest BCUT2D eigenvalue weighted by atomic mass is 10.1. The highest BCUT2D eigenvalue weighted by Gasteiger charge is 2.22. The van der Waals surface area contributed by atoms with Gasteiger partial charge in [0.05, 0.1) is 0 Å². The van der Waals surface area contributed by atoms with E-state index in [0.717, 1.165) is 49.7 Å². The first kappa shape index (κ1) is 16.1. The number of nitrogens with two attached hydrogens (primary N) is 1. The number of hydrogen-bond donors (Lipinski definition) is 1. The van der Waals surface area contributed by atoms with Gasteiger partial charge in [0.25, 0.3) is 0 Å². The van der Waals surface area contributed by atoms with Crippen molar-refractivity contribution in [2.24, 2.45) is 5.73 Å². The third-order valence-electron chi connectivity index (χ3n) is 3.92. The summed E-state index contributed by atoms with van der Waals surface area (Å²) in [5.41, 5.74) is 7.12. The summed E-state index contributed by atoms with van der Waals surface area (Å²) < 4.78 is 0. The average Bonchev–Trinajstić information content (AvgIpc) is 2.48. The van der Waals surface area contributed by atoms with Crippen molar-refractivity contribution in [1.82, 2.24) is 4.90 Å². The molecule has 0 aliphatic carbocycles. The van der Waals surface area contributed by atoms with Gasteiger partial charge in [0, 0.05) is 49.4 Å². The molecule has 1 amide bonds. The Morgan fingerprint density at radius 3 is 2.43 bits per heavy atom. The molecule has 1 atom stereocenters. The van der Waals surface area contributed by atoms with Crippen molar-refractivity contribution in [3.63, 3.8) is 0 Å². The van der Waals surface area contributed by atoms with Gasteiger partial charge < -0.3 is 15.5 Å². The summed E-state index contributed by atoms with van der Waals surface area (Å²) in [6, 6.07) is 7.85. The van der Waals surface area contributed by atoms with Gasteiger partial charge in [0.1, 0.15) is 0 Å². The van der Waals surface area contributed by atoms with E-state index in [1.54, 1.807) is 0 Å². The van der Waals surface area contributed by atoms with E-state index in [2.05, 4.69) is 11.8 Å². The van der Waals surface area contributed by atoms with Crippen LogP contribution >= 0.6 is 11.6 Å². The Morgan fingerprint density at radius 1 is 1.24 bits per heavy atom. The summed E-state index contributed by atoms with van der Waals surface area (Å²) >= 11 is 5.91. The lowest BCUT2D eigenvalue weighted by molar-refractivity contribution is -0.131. The predicted molar refractivity (Wildman–Crippen MR) is 87.7 cm³/mol. The molecule has 0 radical (unpaired) electrons. The molecule has 116 valence electrons. The number of hydrogen-bond acceptors (Lipinski definition) is 3. The van der Waals surface area contributed by atoms with Crippen LogP contribution in [0.4, 0.5) is 5.69 Å². The molecule has 1 aromatic carbocycles. The van der Waals surface area contributed by atoms with Crippen LogP contribution < -0.4 is 10.6 Å². The first-order valence-electron chi connectivity index (χ1n) is 7.64. The van der Waals surface area contributed by atoms with Crippen LogP contribution in [0.3, 0.4) is 0 Å². The minimum atomic E-state index is -0.00297. The highest BCUT2D eigenvalue weighted by molar-refractivity contribution is 6.30. The number of anilines is 1. The molecule has 1 aliphatic rings. The molecule has 1 heterocycles. The largest absolute Gasteiger partial charge is 0.368 e. The number of carbonyl (C=O) groups is 1. The smallest absolute Gasteiger partial charge is 0.224 e. The van der Waals surface area contributed by atoms with Crippen LogP contribution in [0, 0.1) is 0 Å². The molecule has 1 unspecified atom stereocenters. The maximum absolute atomic E-state index is 12.2. The number of carbonyl (C=O) groups excluding carboxylic acids is 1. The van der Waals surface area contributed by atoms with Crippen molar-refractivity contribution in [2.75, 3.05) is 31.1 Å². The van der Waals surface area contributed by atoms with E-state index in [9.17, 15) is 4.79 Å². The number of benzene rings is 1. The van der Waals surface area contributed by atoms with E-state index in [-0.39, 0.29) is 11.9 Å². The third kappa shape index (κ3) is 4.61. The fraction of sp³-hybridized carbons (Fsp3) is 0.562. The molecule has 0 bridgehead atoms. The standard InChI is InChI=1S/C16H24ClN3O/c1-2-3-14(18)12-16(21)20-10-8-19(9-11-20)15-6-4-13(17)5-7-15/h4-7,14H,2-3,8-12,18H2,1H3. The molecule has 0 spiro atoms. The Morgan fingerprint density at radius 2 is 1.86 bits per heavy atom. The summed E-state index contributed by atoms with van der Waals surface area (Å²) in [4.78, 5) is 16.4. The Labute approximate surface area is 131 Å². The van der Waals surface area contributed by atoms with E-state index in [1.807, 2.05) is 29.2 Å². The second kappa shape index (κ2) is 7.66. The Kier molecular flexibility index (Phi) is 5.88. The van der Waals surface area contributed by atoms with E-state index in [0.29, 0.717) is 6.42 Å². The van der Waals surface area contributed by atoms with Gasteiger partial charge in [-0.2, -0.15) is 0 Å². The van der Waals surface area contributed by atoms with E-state index < -0.39 is 0 Å². The lowest BCUT2D eigenvalue weighted by Crippen LogP contribution is -2.49. The summed E-state index contributed by atoms with van der Waals surface area (Å²) in [6.45, 7) is 5.34. The number of rotatable bonds is 5. The second-order valence-corrected chi connectivity index (χ2v) is 6.03. The molecule has 0 saturated carbocycles. The first-order valence-corrected chi connectivity index (χ1v) is 8.02. The zero-order valence-electron chi connectivity index (χ0n) is 12.6. The number of nitrogens with zero attached hydrogens (tertiary/aromatic N) is 2. The van der Waals surface area contributed by atoms with Crippen molar-refractivity contribution in [1.29, 1.82) is 0 Å². The molecule has 5 heteroatoms. The molecule has 0 aromatic heterocycles. The maximum Gasteiger partial charge on any atom is 0.224 e. The van der Waals surface area contributed by atoms with Crippen molar-refractivity contribution in [3.8, 4) is 0 Å². The fourth-order valence-electron chi connectivity index (χ4n) is 2.69. The molecule has 2 N–H and O–H groups in total. The van der Waals surface area contributed by atoms with Crippen LogP contribution in [0.25, 0.3) is 0 Å². The molecule has 1 fully saturated rings. The topological polar surface area (TPSA) is 49.6 Å². The summed E-state index contributed by atoms with van der Waals surface area (Å²) in [5.74, 6) is 0.187. The van der Waals surface area contributed by atoms with Gasteiger partial charge in [0.2, 0.25) is 5.91 Å². The van der Waals surface area contributed by atoms with Crippen molar-refractivity contribution in [3.05, 3.63) is 29.3 Å². The zero-order chi connectivity index (χ0) is 15.2. The number of piperazine rings is 1. The summed E-state index contributed by atoms with van der Waals surface area (Å²) in [7, 11) is 0. The van der Waals surface area contributed by atoms with Gasteiger partial charge in [0.15, 0.2) is 0 Å². The van der Waals surface area contributed by atoms with Crippen molar-refractivity contribution < 1.29 is 4.79 Å². The fourth-order valence-corrected chi connectivity index (χ4v) is 2.82. The summed E-state index contributed by atoms with van der Waals surface area (Å²) in [6.07, 6.45) is 2.41. The molecule has 1 saturated heterocycles. The second-order valence-electron chi connectivity index (χ2n) is 5.60. The SMILES string of the molecule is CCCC(N)CC(=O)N1CCN(c2ccc(Cl)cc2)CC1. The first-order chi connectivity index (χ1) is 10.1. The number of amides is 1. The maximum atomic E-state index is 12.2. The van der Waals surface area contributed by atoms with Crippen LogP contribution in [0.15, 0.2) is 24.3 Å². The van der Waals surface area contributed by atoms with E-state index >= 15 is 0 Å². The van der Waals surface area contributed by atoms with Gasteiger partial charge in [-0.25, -0.2) is 0 Å². The minimum absolute atomic E-state index is 0.00297. The third-order valence-corrected chi connectivity index (χ3v) is 4.17. The van der Waals surface area contributed by atoms with Gasteiger partial charge in [-0.3, -0.25) is 4.79 Å². The molecular formula is C16H24ClN3O. The van der Waals surface area contributed by atoms with Crippen LogP contribution in [-0.2, 0) is 4.79 Å². The van der Waals surface area contributed by atoms with Crippen LogP contribution in [-0.4, -0.2) is 43.0 Å². The van der Waals surface area contributed by atoms with E-state index in [4.69, 9.17) is 17.3 Å². The summed E-state index contributed by atoms with van der Waals surface area (Å²) in [5, 5.41) is 0.748. The highest BCUT2D eigenvalue weighted by atomic mass is 35.5. The Balaban J connectivity index is 1.82. The monoisotopic (exact) mass is 309 g/mol. The molecular weight excluding hydrogens is 286 g/mol. The Hall–Kier alpha value is -1.26. The van der Waals surface area contributed by atoms with Gasteiger partial charge in [-0.05, 0) is 30.7 Å². The molecule has 21 heavy (non-hydrogen) atoms. The van der Waals surface area contributed by atoms with Gasteiger partial charge in [-0.15, -0.1) is 0 Å². The molecule has 1 aliphatic heterocycles. The van der Waals surface area contributed by atoms with Crippen molar-refractivity contribution >= 4 is 23.2 Å². The van der Waals surface area contributed by atoms with Crippen LogP contribution in [0.1, 0.15) is 26.2 Å². The Bertz CT molecular complexity index is 455. The highest BCUT2D eigenvalue weighted by Crippen LogP contribution is 2.19. The van der Waals surface area contributed by atoms with E-state index in [1.165, 1.54) is 0 Å². The molecule has 4 nitrogen and oxygen atoms in total. The predicted octanol–water partition coefficient (Wildman–Crippen LogP) is 2.51. The van der Waals surface area contributed by atoms with Crippen LogP contribution in [0.2, 0.25) is 5.02 Å².